The van der Waals surface area contributed by atoms with Gasteiger partial charge in [0, 0.05) is 16.2 Å². The molecule has 1 heterocycles. The Morgan fingerprint density at radius 2 is 1.67 bits per heavy atom. The van der Waals surface area contributed by atoms with Crippen LogP contribution in [0.15, 0.2) is 42.6 Å². The molecule has 4 nitrogen and oxygen atoms in total. The summed E-state index contributed by atoms with van der Waals surface area (Å²) < 4.78 is 0. The molecule has 0 spiro atoms. The van der Waals surface area contributed by atoms with E-state index in [1.54, 1.807) is 12.3 Å². The monoisotopic (exact) mass is 303 g/mol. The zero-order valence-corrected chi connectivity index (χ0v) is 13.0. The maximum absolute atomic E-state index is 12.0. The van der Waals surface area contributed by atoms with Gasteiger partial charge in [0.05, 0.1) is 11.9 Å². The Bertz CT molecular complexity index is 615. The van der Waals surface area contributed by atoms with Gasteiger partial charge in [-0.05, 0) is 57.2 Å². The zero-order chi connectivity index (χ0) is 15.5. The molecule has 5 heteroatoms. The zero-order valence-electron chi connectivity index (χ0n) is 12.3. The summed E-state index contributed by atoms with van der Waals surface area (Å²) in [5, 5.41) is 6.75. The minimum Gasteiger partial charge on any atom is -0.354 e. The van der Waals surface area contributed by atoms with E-state index in [1.807, 2.05) is 51.1 Å². The van der Waals surface area contributed by atoms with E-state index in [0.29, 0.717) is 10.7 Å². The number of hydrogen-bond acceptors (Lipinski definition) is 3. The summed E-state index contributed by atoms with van der Waals surface area (Å²) in [5.74, 6) is -0.180. The van der Waals surface area contributed by atoms with Gasteiger partial charge < -0.3 is 10.6 Å². The lowest BCUT2D eigenvalue weighted by Gasteiger charge is -2.20. The average Bonchev–Trinajstić information content (AvgIpc) is 2.40. The number of hydrogen-bond donors (Lipinski definition) is 2. The number of amides is 1. The summed E-state index contributed by atoms with van der Waals surface area (Å²) in [5.41, 5.74) is 1.84. The van der Waals surface area contributed by atoms with Crippen LogP contribution in [0.25, 0.3) is 0 Å². The number of carbonyl (C=O) groups excluding carboxylic acids is 1. The van der Waals surface area contributed by atoms with Crippen LogP contribution in [0.3, 0.4) is 0 Å². The van der Waals surface area contributed by atoms with E-state index in [-0.39, 0.29) is 11.4 Å². The molecule has 0 saturated carbocycles. The smallest absolute Gasteiger partial charge is 0.270 e. The molecule has 1 amide bonds. The largest absolute Gasteiger partial charge is 0.354 e. The van der Waals surface area contributed by atoms with Gasteiger partial charge in [0.2, 0.25) is 0 Å². The molecule has 0 unspecified atom stereocenters. The molecule has 110 valence electrons. The predicted molar refractivity (Wildman–Crippen MR) is 86.2 cm³/mol. The molecule has 0 fully saturated rings. The van der Waals surface area contributed by atoms with Crippen LogP contribution in [0.5, 0.6) is 0 Å². The first kappa shape index (κ1) is 15.3. The van der Waals surface area contributed by atoms with Crippen molar-refractivity contribution in [2.75, 3.05) is 5.32 Å². The van der Waals surface area contributed by atoms with Crippen LogP contribution in [0.2, 0.25) is 5.02 Å². The van der Waals surface area contributed by atoms with Crippen molar-refractivity contribution in [3.63, 3.8) is 0 Å². The van der Waals surface area contributed by atoms with E-state index in [9.17, 15) is 4.79 Å². The summed E-state index contributed by atoms with van der Waals surface area (Å²) in [7, 11) is 0. The minimum atomic E-state index is -0.279. The summed E-state index contributed by atoms with van der Waals surface area (Å²) in [4.78, 5) is 16.1. The van der Waals surface area contributed by atoms with Gasteiger partial charge in [-0.2, -0.15) is 0 Å². The van der Waals surface area contributed by atoms with Gasteiger partial charge in [-0.1, -0.05) is 11.6 Å². The molecule has 2 N–H and O–H groups in total. The van der Waals surface area contributed by atoms with Crippen molar-refractivity contribution in [1.82, 2.24) is 10.3 Å². The maximum atomic E-state index is 12.0. The second kappa shape index (κ2) is 6.14. The van der Waals surface area contributed by atoms with Crippen LogP contribution in [0, 0.1) is 0 Å². The predicted octanol–water partition coefficient (Wildman–Crippen LogP) is 4.01. The van der Waals surface area contributed by atoms with E-state index < -0.39 is 0 Å². The number of pyridine rings is 1. The SMILES string of the molecule is CC(C)(C)NC(=O)c1ccc(Nc2ccc(Cl)cc2)cn1. The van der Waals surface area contributed by atoms with Crippen molar-refractivity contribution in [2.45, 2.75) is 26.3 Å². The Morgan fingerprint density at radius 1 is 1.05 bits per heavy atom. The molecule has 21 heavy (non-hydrogen) atoms. The van der Waals surface area contributed by atoms with Crippen molar-refractivity contribution < 1.29 is 4.79 Å². The lowest BCUT2D eigenvalue weighted by Crippen LogP contribution is -2.40. The number of halogens is 1. The van der Waals surface area contributed by atoms with Crippen molar-refractivity contribution in [2.24, 2.45) is 0 Å². The number of nitrogens with zero attached hydrogens (tertiary/aromatic N) is 1. The third-order valence-electron chi connectivity index (χ3n) is 2.62. The highest BCUT2D eigenvalue weighted by Crippen LogP contribution is 2.18. The van der Waals surface area contributed by atoms with Gasteiger partial charge in [0.15, 0.2) is 0 Å². The molecule has 2 aromatic rings. The lowest BCUT2D eigenvalue weighted by atomic mass is 10.1. The maximum Gasteiger partial charge on any atom is 0.270 e. The van der Waals surface area contributed by atoms with Gasteiger partial charge in [0.25, 0.3) is 5.91 Å². The fourth-order valence-electron chi connectivity index (χ4n) is 1.71. The van der Waals surface area contributed by atoms with Crippen LogP contribution in [-0.4, -0.2) is 16.4 Å². The fourth-order valence-corrected chi connectivity index (χ4v) is 1.83. The molecule has 1 aromatic carbocycles. The Balaban J connectivity index is 2.05. The van der Waals surface area contributed by atoms with Crippen LogP contribution in [0.4, 0.5) is 11.4 Å². The van der Waals surface area contributed by atoms with Gasteiger partial charge >= 0.3 is 0 Å². The topological polar surface area (TPSA) is 54.0 Å². The van der Waals surface area contributed by atoms with E-state index >= 15 is 0 Å². The molecule has 0 radical (unpaired) electrons. The lowest BCUT2D eigenvalue weighted by molar-refractivity contribution is 0.0914. The van der Waals surface area contributed by atoms with E-state index in [0.717, 1.165) is 11.4 Å². The summed E-state index contributed by atoms with van der Waals surface area (Å²) in [6.45, 7) is 5.80. The highest BCUT2D eigenvalue weighted by Gasteiger charge is 2.15. The third kappa shape index (κ3) is 4.76. The number of anilines is 2. The number of aromatic nitrogens is 1. The van der Waals surface area contributed by atoms with Crippen molar-refractivity contribution in [3.05, 3.63) is 53.3 Å². The molecule has 0 bridgehead atoms. The molecular weight excluding hydrogens is 286 g/mol. The van der Waals surface area contributed by atoms with E-state index in [1.165, 1.54) is 0 Å². The standard InChI is InChI=1S/C16H18ClN3O/c1-16(2,3)20-15(21)14-9-8-13(10-18-14)19-12-6-4-11(17)5-7-12/h4-10,19H,1-3H3,(H,20,21). The number of rotatable bonds is 3. The number of carbonyl (C=O) groups is 1. The first-order chi connectivity index (χ1) is 9.83. The van der Waals surface area contributed by atoms with Crippen LogP contribution in [-0.2, 0) is 0 Å². The molecule has 2 rings (SSSR count). The molecule has 0 saturated heterocycles. The first-order valence-electron chi connectivity index (χ1n) is 6.65. The molecule has 0 aliphatic rings. The molecule has 0 aliphatic carbocycles. The summed E-state index contributed by atoms with van der Waals surface area (Å²) >= 11 is 5.84. The number of benzene rings is 1. The molecular formula is C16H18ClN3O. The highest BCUT2D eigenvalue weighted by atomic mass is 35.5. The van der Waals surface area contributed by atoms with Gasteiger partial charge in [-0.15, -0.1) is 0 Å². The second-order valence-corrected chi connectivity index (χ2v) is 6.20. The van der Waals surface area contributed by atoms with Crippen molar-refractivity contribution in [1.29, 1.82) is 0 Å². The Kier molecular flexibility index (Phi) is 4.48. The second-order valence-electron chi connectivity index (χ2n) is 5.77. The van der Waals surface area contributed by atoms with Crippen LogP contribution >= 0.6 is 11.6 Å². The van der Waals surface area contributed by atoms with Crippen molar-refractivity contribution in [3.8, 4) is 0 Å². The van der Waals surface area contributed by atoms with Gasteiger partial charge in [-0.3, -0.25) is 4.79 Å². The van der Waals surface area contributed by atoms with Gasteiger partial charge in [-0.25, -0.2) is 4.98 Å². The van der Waals surface area contributed by atoms with Crippen molar-refractivity contribution >= 4 is 28.9 Å². The van der Waals surface area contributed by atoms with Crippen LogP contribution < -0.4 is 10.6 Å². The normalized spacial score (nSPS) is 11.0. The minimum absolute atomic E-state index is 0.180. The van der Waals surface area contributed by atoms with E-state index in [4.69, 9.17) is 11.6 Å². The fraction of sp³-hybridized carbons (Fsp3) is 0.250. The Hall–Kier alpha value is -2.07. The Morgan fingerprint density at radius 3 is 2.19 bits per heavy atom. The average molecular weight is 304 g/mol. The van der Waals surface area contributed by atoms with Gasteiger partial charge in [0.1, 0.15) is 5.69 Å². The number of nitrogens with one attached hydrogen (secondary N) is 2. The highest BCUT2D eigenvalue weighted by molar-refractivity contribution is 6.30. The van der Waals surface area contributed by atoms with E-state index in [2.05, 4.69) is 15.6 Å². The Labute approximate surface area is 129 Å². The summed E-state index contributed by atoms with van der Waals surface area (Å²) in [6.07, 6.45) is 1.63. The molecule has 0 atom stereocenters. The molecule has 0 aliphatic heterocycles. The van der Waals surface area contributed by atoms with Crippen LogP contribution in [0.1, 0.15) is 31.3 Å². The summed E-state index contributed by atoms with van der Waals surface area (Å²) in [6, 6.07) is 10.9. The first-order valence-corrected chi connectivity index (χ1v) is 7.02. The third-order valence-corrected chi connectivity index (χ3v) is 2.87. The quantitative estimate of drug-likeness (QED) is 0.901. The molecule has 1 aromatic heterocycles.